The molecule has 1 fully saturated rings. The number of halogens is 4. The Balaban J connectivity index is 1.44. The maximum Gasteiger partial charge on any atom is 0.419 e. The lowest BCUT2D eigenvalue weighted by atomic mass is 9.75. The van der Waals surface area contributed by atoms with Crippen LogP contribution in [0.1, 0.15) is 24.5 Å². The zero-order valence-electron chi connectivity index (χ0n) is 21.3. The third-order valence-electron chi connectivity index (χ3n) is 7.01. The van der Waals surface area contributed by atoms with E-state index in [0.717, 1.165) is 22.8 Å². The van der Waals surface area contributed by atoms with Gasteiger partial charge in [0.1, 0.15) is 17.3 Å². The molecule has 0 saturated carbocycles. The fourth-order valence-corrected chi connectivity index (χ4v) is 5.15. The van der Waals surface area contributed by atoms with Crippen LogP contribution in [0.2, 0.25) is 0 Å². The third kappa shape index (κ3) is 4.32. The summed E-state index contributed by atoms with van der Waals surface area (Å²) < 4.78 is 74.9. The molecule has 0 amide bonds. The zero-order chi connectivity index (χ0) is 27.3. The molecule has 1 aromatic heterocycles. The molecule has 1 aliphatic rings. The number of alkyl halides is 3. The third-order valence-corrected chi connectivity index (χ3v) is 7.01. The van der Waals surface area contributed by atoms with E-state index in [4.69, 9.17) is 14.2 Å². The molecule has 2 atom stereocenters. The molecule has 2 unspecified atom stereocenters. The topological polar surface area (TPSA) is 57.5 Å². The van der Waals surface area contributed by atoms with E-state index in [0.29, 0.717) is 16.8 Å². The van der Waals surface area contributed by atoms with Crippen molar-refractivity contribution >= 4 is 16.6 Å². The largest absolute Gasteiger partial charge is 0.497 e. The molecule has 3 aromatic carbocycles. The Morgan fingerprint density at radius 3 is 2.39 bits per heavy atom. The number of ether oxygens (including phenoxy) is 3. The van der Waals surface area contributed by atoms with E-state index in [9.17, 15) is 17.6 Å². The van der Waals surface area contributed by atoms with Crippen LogP contribution in [0, 0.1) is 12.7 Å². The molecule has 200 valence electrons. The summed E-state index contributed by atoms with van der Waals surface area (Å²) in [5, 5.41) is 8.10. The molecule has 0 radical (unpaired) electrons. The lowest BCUT2D eigenvalue weighted by Crippen LogP contribution is -2.67. The van der Waals surface area contributed by atoms with E-state index in [1.165, 1.54) is 26.2 Å². The maximum atomic E-state index is 14.4. The van der Waals surface area contributed by atoms with Gasteiger partial charge in [-0.15, -0.1) is 0 Å². The predicted octanol–water partition coefficient (Wildman–Crippen LogP) is 6.54. The first-order chi connectivity index (χ1) is 18.0. The quantitative estimate of drug-likeness (QED) is 0.276. The molecular formula is C28H27F4N3O3. The number of methoxy groups -OCH3 is 2. The number of rotatable bonds is 7. The highest BCUT2D eigenvalue weighted by atomic mass is 19.4. The number of benzene rings is 3. The lowest BCUT2D eigenvalue weighted by molar-refractivity contribution is -0.380. The van der Waals surface area contributed by atoms with Crippen molar-refractivity contribution in [3.05, 3.63) is 77.7 Å². The minimum Gasteiger partial charge on any atom is -0.497 e. The van der Waals surface area contributed by atoms with Crippen molar-refractivity contribution < 1.29 is 31.8 Å². The normalized spacial score (nSPS) is 21.3. The number of anilines is 1. The lowest BCUT2D eigenvalue weighted by Gasteiger charge is -2.55. The van der Waals surface area contributed by atoms with Gasteiger partial charge in [0.25, 0.3) is 0 Å². The number of nitrogens with one attached hydrogen (secondary N) is 1. The molecule has 1 N–H and O–H groups in total. The highest BCUT2D eigenvalue weighted by Gasteiger charge is 2.68. The van der Waals surface area contributed by atoms with Crippen LogP contribution < -0.4 is 14.8 Å². The average Bonchev–Trinajstić information content (AvgIpc) is 3.28. The van der Waals surface area contributed by atoms with Crippen LogP contribution in [0.3, 0.4) is 0 Å². The van der Waals surface area contributed by atoms with Gasteiger partial charge in [0.2, 0.25) is 0 Å². The SMILES string of the molecule is COc1ccc(-n2ncc3c(NCC4(C(F)(F)F)CC(C)(c5cc(F)ccc5OC)O4)cc(C)cc32)cc1. The molecule has 0 aliphatic carbocycles. The van der Waals surface area contributed by atoms with E-state index < -0.39 is 36.2 Å². The van der Waals surface area contributed by atoms with E-state index in [-0.39, 0.29) is 11.3 Å². The standard InChI is InChI=1S/C28H27F4N3O3/c1-17-11-23(21-14-34-35(24(21)12-17)19-6-8-20(36-3)9-7-19)33-16-27(28(30,31)32)15-26(2,38-27)22-13-18(29)5-10-25(22)37-4/h5-14,33H,15-16H2,1-4H3. The van der Waals surface area contributed by atoms with Gasteiger partial charge in [0.15, 0.2) is 5.60 Å². The van der Waals surface area contributed by atoms with Gasteiger partial charge >= 0.3 is 6.18 Å². The highest BCUT2D eigenvalue weighted by molar-refractivity contribution is 5.93. The Morgan fingerprint density at radius 2 is 1.76 bits per heavy atom. The van der Waals surface area contributed by atoms with Crippen LogP contribution in [-0.4, -0.2) is 42.3 Å². The van der Waals surface area contributed by atoms with Crippen LogP contribution >= 0.6 is 0 Å². The Labute approximate surface area is 217 Å². The molecule has 1 aliphatic heterocycles. The van der Waals surface area contributed by atoms with Crippen molar-refractivity contribution in [1.82, 2.24) is 9.78 Å². The van der Waals surface area contributed by atoms with Crippen molar-refractivity contribution in [2.45, 2.75) is 37.6 Å². The van der Waals surface area contributed by atoms with Crippen molar-refractivity contribution in [1.29, 1.82) is 0 Å². The first kappa shape index (κ1) is 25.8. The van der Waals surface area contributed by atoms with Crippen LogP contribution in [0.4, 0.5) is 23.2 Å². The smallest absolute Gasteiger partial charge is 0.419 e. The average molecular weight is 530 g/mol. The molecule has 6 nitrogen and oxygen atoms in total. The van der Waals surface area contributed by atoms with Gasteiger partial charge < -0.3 is 19.5 Å². The number of aromatic nitrogens is 2. The van der Waals surface area contributed by atoms with Crippen molar-refractivity contribution in [3.8, 4) is 17.2 Å². The minimum absolute atomic E-state index is 0.235. The minimum atomic E-state index is -4.67. The van der Waals surface area contributed by atoms with Gasteiger partial charge in [-0.25, -0.2) is 9.07 Å². The summed E-state index contributed by atoms with van der Waals surface area (Å²) in [6.45, 7) is 2.84. The highest BCUT2D eigenvalue weighted by Crippen LogP contribution is 2.57. The Bertz CT molecular complexity index is 1480. The second-order valence-corrected chi connectivity index (χ2v) is 9.70. The van der Waals surface area contributed by atoms with Crippen LogP contribution in [-0.2, 0) is 10.3 Å². The summed E-state index contributed by atoms with van der Waals surface area (Å²) in [5.74, 6) is 0.387. The first-order valence-corrected chi connectivity index (χ1v) is 12.0. The van der Waals surface area contributed by atoms with E-state index in [2.05, 4.69) is 10.4 Å². The molecule has 4 aromatic rings. The van der Waals surface area contributed by atoms with Gasteiger partial charge in [-0.05, 0) is 74.0 Å². The summed E-state index contributed by atoms with van der Waals surface area (Å²) in [6, 6.07) is 14.8. The molecule has 0 spiro atoms. The monoisotopic (exact) mass is 529 g/mol. The molecule has 2 heterocycles. The van der Waals surface area contributed by atoms with E-state index >= 15 is 0 Å². The van der Waals surface area contributed by atoms with Crippen LogP contribution in [0.5, 0.6) is 11.5 Å². The fourth-order valence-electron chi connectivity index (χ4n) is 5.15. The fraction of sp³-hybridized carbons (Fsp3) is 0.321. The van der Waals surface area contributed by atoms with Crippen molar-refractivity contribution in [2.75, 3.05) is 26.1 Å². The molecule has 1 saturated heterocycles. The molecule has 38 heavy (non-hydrogen) atoms. The Hall–Kier alpha value is -3.79. The van der Waals surface area contributed by atoms with E-state index in [1.807, 2.05) is 37.3 Å². The number of hydrogen-bond donors (Lipinski definition) is 1. The Morgan fingerprint density at radius 1 is 1.05 bits per heavy atom. The van der Waals surface area contributed by atoms with Gasteiger partial charge in [-0.2, -0.15) is 18.3 Å². The van der Waals surface area contributed by atoms with E-state index in [1.54, 1.807) is 24.1 Å². The second-order valence-electron chi connectivity index (χ2n) is 9.70. The van der Waals surface area contributed by atoms with Crippen LogP contribution in [0.25, 0.3) is 16.6 Å². The number of nitrogens with zero attached hydrogens (tertiary/aromatic N) is 2. The molecule has 10 heteroatoms. The Kier molecular flexibility index (Phi) is 6.25. The zero-order valence-corrected chi connectivity index (χ0v) is 21.3. The van der Waals surface area contributed by atoms with Crippen molar-refractivity contribution in [3.63, 3.8) is 0 Å². The number of aryl methyl sites for hydroxylation is 1. The van der Waals surface area contributed by atoms with Gasteiger partial charge in [0.05, 0.1) is 43.8 Å². The summed E-state index contributed by atoms with van der Waals surface area (Å²) in [5.41, 5.74) is -0.732. The maximum absolute atomic E-state index is 14.4. The predicted molar refractivity (Wildman–Crippen MR) is 136 cm³/mol. The summed E-state index contributed by atoms with van der Waals surface area (Å²) in [7, 11) is 2.96. The number of fused-ring (bicyclic) bond motifs is 1. The van der Waals surface area contributed by atoms with Gasteiger partial charge in [-0.3, -0.25) is 0 Å². The molecule has 0 bridgehead atoms. The van der Waals surface area contributed by atoms with Gasteiger partial charge in [-0.1, -0.05) is 0 Å². The van der Waals surface area contributed by atoms with Crippen LogP contribution in [0.15, 0.2) is 60.8 Å². The molecule has 5 rings (SSSR count). The second kappa shape index (κ2) is 9.20. The summed E-state index contributed by atoms with van der Waals surface area (Å²) >= 11 is 0. The summed E-state index contributed by atoms with van der Waals surface area (Å²) in [6.07, 6.45) is -3.46. The first-order valence-electron chi connectivity index (χ1n) is 12.0. The van der Waals surface area contributed by atoms with Gasteiger partial charge in [0, 0.05) is 23.1 Å². The summed E-state index contributed by atoms with van der Waals surface area (Å²) in [4.78, 5) is 0. The van der Waals surface area contributed by atoms with Crippen molar-refractivity contribution in [2.24, 2.45) is 0 Å². The number of hydrogen-bond acceptors (Lipinski definition) is 5. The molecular weight excluding hydrogens is 502 g/mol.